The van der Waals surface area contributed by atoms with Gasteiger partial charge < -0.3 is 10.5 Å². The Bertz CT molecular complexity index is 588. The molecule has 1 heterocycles. The third-order valence-electron chi connectivity index (χ3n) is 3.38. The molecule has 2 aromatic rings. The summed E-state index contributed by atoms with van der Waals surface area (Å²) in [6.45, 7) is 4.70. The molecule has 0 saturated carbocycles. The predicted octanol–water partition coefficient (Wildman–Crippen LogP) is 4.82. The molecule has 114 valence electrons. The van der Waals surface area contributed by atoms with Crippen LogP contribution in [-0.4, -0.2) is 9.78 Å². The zero-order valence-corrected chi connectivity index (χ0v) is 14.5. The first-order chi connectivity index (χ1) is 10.0. The summed E-state index contributed by atoms with van der Waals surface area (Å²) in [5, 5.41) is 5.13. The Morgan fingerprint density at radius 3 is 2.71 bits per heavy atom. The minimum atomic E-state index is 0.373. The van der Waals surface area contributed by atoms with Crippen molar-refractivity contribution in [1.82, 2.24) is 9.78 Å². The Morgan fingerprint density at radius 1 is 1.38 bits per heavy atom. The Balaban J connectivity index is 2.07. The molecule has 0 spiro atoms. The van der Waals surface area contributed by atoms with Gasteiger partial charge in [0.15, 0.2) is 5.75 Å². The topological polar surface area (TPSA) is 53.1 Å². The van der Waals surface area contributed by atoms with Gasteiger partial charge in [-0.05, 0) is 47.0 Å². The van der Waals surface area contributed by atoms with Crippen LogP contribution in [0.5, 0.6) is 5.75 Å². The van der Waals surface area contributed by atoms with Gasteiger partial charge >= 0.3 is 0 Å². The van der Waals surface area contributed by atoms with Crippen molar-refractivity contribution in [2.24, 2.45) is 0 Å². The number of nitrogen functional groups attached to an aromatic ring is 1. The van der Waals surface area contributed by atoms with Gasteiger partial charge in [0.05, 0.1) is 21.9 Å². The first kappa shape index (κ1) is 16.2. The lowest BCUT2D eigenvalue weighted by molar-refractivity contribution is 0.297. The summed E-state index contributed by atoms with van der Waals surface area (Å²) >= 11 is 9.34. The SMILES string of the molecule is CCC(CC)n1ccc(COc2c(N)cc(Cl)cc2Br)n1. The highest BCUT2D eigenvalue weighted by Crippen LogP contribution is 2.35. The van der Waals surface area contributed by atoms with Crippen LogP contribution in [-0.2, 0) is 6.61 Å². The molecule has 0 aliphatic carbocycles. The van der Waals surface area contributed by atoms with Gasteiger partial charge in [0, 0.05) is 11.2 Å². The largest absolute Gasteiger partial charge is 0.484 e. The number of aromatic nitrogens is 2. The van der Waals surface area contributed by atoms with Gasteiger partial charge in [0.1, 0.15) is 6.61 Å². The number of nitrogens with zero attached hydrogens (tertiary/aromatic N) is 2. The zero-order chi connectivity index (χ0) is 15.4. The molecule has 6 heteroatoms. The van der Waals surface area contributed by atoms with Crippen LogP contribution >= 0.6 is 27.5 Å². The van der Waals surface area contributed by atoms with Crippen LogP contribution in [0.3, 0.4) is 0 Å². The molecule has 21 heavy (non-hydrogen) atoms. The minimum Gasteiger partial charge on any atom is -0.484 e. The second-order valence-electron chi connectivity index (χ2n) is 4.85. The summed E-state index contributed by atoms with van der Waals surface area (Å²) in [6.07, 6.45) is 4.12. The average Bonchev–Trinajstić information content (AvgIpc) is 2.87. The molecule has 0 unspecified atom stereocenters. The van der Waals surface area contributed by atoms with E-state index in [-0.39, 0.29) is 0 Å². The van der Waals surface area contributed by atoms with Crippen molar-refractivity contribution in [2.75, 3.05) is 5.73 Å². The van der Waals surface area contributed by atoms with Crippen molar-refractivity contribution < 1.29 is 4.74 Å². The summed E-state index contributed by atoms with van der Waals surface area (Å²) < 4.78 is 8.50. The van der Waals surface area contributed by atoms with Gasteiger partial charge in [0.25, 0.3) is 0 Å². The smallest absolute Gasteiger partial charge is 0.157 e. The fourth-order valence-corrected chi connectivity index (χ4v) is 3.15. The third kappa shape index (κ3) is 3.92. The molecule has 1 aromatic carbocycles. The number of nitrogens with two attached hydrogens (primary N) is 1. The summed E-state index contributed by atoms with van der Waals surface area (Å²) in [7, 11) is 0. The van der Waals surface area contributed by atoms with E-state index < -0.39 is 0 Å². The standard InChI is InChI=1S/C15H19BrClN3O/c1-3-12(4-2)20-6-5-11(19-20)9-21-15-13(16)7-10(17)8-14(15)18/h5-8,12H,3-4,9,18H2,1-2H3. The molecule has 0 atom stereocenters. The lowest BCUT2D eigenvalue weighted by Gasteiger charge is -2.13. The molecule has 1 aromatic heterocycles. The quantitative estimate of drug-likeness (QED) is 0.739. The normalized spacial score (nSPS) is 11.1. The van der Waals surface area contributed by atoms with E-state index in [2.05, 4.69) is 34.9 Å². The number of hydrogen-bond donors (Lipinski definition) is 1. The maximum atomic E-state index is 5.93. The van der Waals surface area contributed by atoms with Crippen LogP contribution in [0.1, 0.15) is 38.4 Å². The second-order valence-corrected chi connectivity index (χ2v) is 6.14. The molecule has 0 fully saturated rings. The Morgan fingerprint density at radius 2 is 2.10 bits per heavy atom. The minimum absolute atomic E-state index is 0.373. The van der Waals surface area contributed by atoms with Gasteiger partial charge in [0.2, 0.25) is 0 Å². The Labute approximate surface area is 138 Å². The lowest BCUT2D eigenvalue weighted by atomic mass is 10.2. The van der Waals surface area contributed by atoms with E-state index in [0.29, 0.717) is 29.1 Å². The van der Waals surface area contributed by atoms with Gasteiger partial charge in [-0.15, -0.1) is 0 Å². The third-order valence-corrected chi connectivity index (χ3v) is 4.19. The molecule has 0 saturated heterocycles. The van der Waals surface area contributed by atoms with Crippen LogP contribution in [0.15, 0.2) is 28.9 Å². The van der Waals surface area contributed by atoms with Gasteiger partial charge in [-0.2, -0.15) is 5.10 Å². The maximum Gasteiger partial charge on any atom is 0.157 e. The molecular formula is C15H19BrClN3O. The van der Waals surface area contributed by atoms with E-state index in [1.165, 1.54) is 0 Å². The molecule has 4 nitrogen and oxygen atoms in total. The molecule has 0 amide bonds. The monoisotopic (exact) mass is 371 g/mol. The van der Waals surface area contributed by atoms with Crippen molar-refractivity contribution in [3.05, 3.63) is 39.6 Å². The first-order valence-corrected chi connectivity index (χ1v) is 8.13. The van der Waals surface area contributed by atoms with E-state index in [1.807, 2.05) is 16.9 Å². The number of ether oxygens (including phenoxy) is 1. The average molecular weight is 373 g/mol. The molecule has 2 N–H and O–H groups in total. The van der Waals surface area contributed by atoms with E-state index in [0.717, 1.165) is 23.0 Å². The Hall–Kier alpha value is -1.20. The summed E-state index contributed by atoms with van der Waals surface area (Å²) in [4.78, 5) is 0. The summed E-state index contributed by atoms with van der Waals surface area (Å²) in [6, 6.07) is 5.84. The highest BCUT2D eigenvalue weighted by Gasteiger charge is 2.11. The Kier molecular flexibility index (Phi) is 5.53. The molecule has 0 radical (unpaired) electrons. The van der Waals surface area contributed by atoms with E-state index in [4.69, 9.17) is 22.1 Å². The van der Waals surface area contributed by atoms with Crippen molar-refractivity contribution in [3.8, 4) is 5.75 Å². The van der Waals surface area contributed by atoms with Gasteiger partial charge in [-0.25, -0.2) is 0 Å². The number of hydrogen-bond acceptors (Lipinski definition) is 3. The molecule has 0 aliphatic rings. The highest BCUT2D eigenvalue weighted by molar-refractivity contribution is 9.10. The van der Waals surface area contributed by atoms with Crippen molar-refractivity contribution in [1.29, 1.82) is 0 Å². The number of rotatable bonds is 6. The van der Waals surface area contributed by atoms with E-state index in [9.17, 15) is 0 Å². The fraction of sp³-hybridized carbons (Fsp3) is 0.400. The lowest BCUT2D eigenvalue weighted by Crippen LogP contribution is -2.08. The highest BCUT2D eigenvalue weighted by atomic mass is 79.9. The van der Waals surface area contributed by atoms with Crippen molar-refractivity contribution in [3.63, 3.8) is 0 Å². The predicted molar refractivity (Wildman–Crippen MR) is 89.7 cm³/mol. The number of halogens is 2. The molecular weight excluding hydrogens is 354 g/mol. The first-order valence-electron chi connectivity index (χ1n) is 6.96. The van der Waals surface area contributed by atoms with Gasteiger partial charge in [-0.3, -0.25) is 4.68 Å². The fourth-order valence-electron chi connectivity index (χ4n) is 2.20. The summed E-state index contributed by atoms with van der Waals surface area (Å²) in [5.41, 5.74) is 7.30. The molecule has 2 rings (SSSR count). The zero-order valence-electron chi connectivity index (χ0n) is 12.1. The number of anilines is 1. The molecule has 0 bridgehead atoms. The van der Waals surface area contributed by atoms with Gasteiger partial charge in [-0.1, -0.05) is 25.4 Å². The van der Waals surface area contributed by atoms with Crippen LogP contribution in [0.4, 0.5) is 5.69 Å². The van der Waals surface area contributed by atoms with Crippen molar-refractivity contribution in [2.45, 2.75) is 39.3 Å². The second kappa shape index (κ2) is 7.18. The summed E-state index contributed by atoms with van der Waals surface area (Å²) in [5.74, 6) is 0.594. The van der Waals surface area contributed by atoms with E-state index >= 15 is 0 Å². The maximum absolute atomic E-state index is 5.93. The van der Waals surface area contributed by atoms with Crippen LogP contribution in [0.2, 0.25) is 5.02 Å². The number of benzene rings is 1. The van der Waals surface area contributed by atoms with Crippen molar-refractivity contribution >= 4 is 33.2 Å². The van der Waals surface area contributed by atoms with Crippen LogP contribution in [0, 0.1) is 0 Å². The van der Waals surface area contributed by atoms with Crippen LogP contribution in [0.25, 0.3) is 0 Å². The van der Waals surface area contributed by atoms with E-state index in [1.54, 1.807) is 12.1 Å². The molecule has 0 aliphatic heterocycles. The van der Waals surface area contributed by atoms with Crippen LogP contribution < -0.4 is 10.5 Å².